The van der Waals surface area contributed by atoms with Crippen LogP contribution in [-0.2, 0) is 17.9 Å². The molecule has 2 heterocycles. The summed E-state index contributed by atoms with van der Waals surface area (Å²) in [5, 5.41) is 4.98. The Morgan fingerprint density at radius 3 is 2.79 bits per heavy atom. The molecule has 150 valence electrons. The van der Waals surface area contributed by atoms with Crippen LogP contribution in [0.1, 0.15) is 42.2 Å². The Morgan fingerprint density at radius 2 is 2.07 bits per heavy atom. The van der Waals surface area contributed by atoms with Crippen molar-refractivity contribution in [1.29, 1.82) is 0 Å². The Labute approximate surface area is 171 Å². The van der Waals surface area contributed by atoms with Crippen molar-refractivity contribution >= 4 is 23.4 Å². The van der Waals surface area contributed by atoms with Crippen molar-refractivity contribution in [3.05, 3.63) is 52.8 Å². The summed E-state index contributed by atoms with van der Waals surface area (Å²) in [6, 6.07) is 9.33. The SMILES string of the molecule is CCn1ccc(C(=O)N2CCCC(CC(=O)N(C)Cc3ccccc3Cl)C2)n1. The molecule has 1 unspecified atom stereocenters. The maximum atomic E-state index is 12.7. The predicted octanol–water partition coefficient (Wildman–Crippen LogP) is 3.46. The minimum atomic E-state index is -0.0474. The van der Waals surface area contributed by atoms with Gasteiger partial charge in [-0.3, -0.25) is 14.3 Å². The molecular weight excluding hydrogens is 376 g/mol. The van der Waals surface area contributed by atoms with E-state index in [0.29, 0.717) is 30.2 Å². The minimum absolute atomic E-state index is 0.0474. The molecule has 1 saturated heterocycles. The number of carbonyl (C=O) groups excluding carboxylic acids is 2. The Morgan fingerprint density at radius 1 is 1.29 bits per heavy atom. The van der Waals surface area contributed by atoms with E-state index in [9.17, 15) is 9.59 Å². The average Bonchev–Trinajstić information content (AvgIpc) is 3.18. The number of aryl methyl sites for hydroxylation is 1. The van der Waals surface area contributed by atoms with Gasteiger partial charge in [-0.05, 0) is 43.4 Å². The van der Waals surface area contributed by atoms with Gasteiger partial charge in [0.1, 0.15) is 5.69 Å². The molecule has 3 rings (SSSR count). The molecule has 0 bridgehead atoms. The molecule has 1 aliphatic heterocycles. The zero-order valence-electron chi connectivity index (χ0n) is 16.5. The summed E-state index contributed by atoms with van der Waals surface area (Å²) >= 11 is 6.20. The van der Waals surface area contributed by atoms with Gasteiger partial charge in [0.2, 0.25) is 5.91 Å². The van der Waals surface area contributed by atoms with Crippen molar-refractivity contribution in [2.75, 3.05) is 20.1 Å². The van der Waals surface area contributed by atoms with Crippen LogP contribution in [0.25, 0.3) is 0 Å². The van der Waals surface area contributed by atoms with Gasteiger partial charge < -0.3 is 9.80 Å². The highest BCUT2D eigenvalue weighted by molar-refractivity contribution is 6.31. The first kappa shape index (κ1) is 20.4. The molecule has 1 aromatic carbocycles. The van der Waals surface area contributed by atoms with Gasteiger partial charge in [-0.15, -0.1) is 0 Å². The summed E-state index contributed by atoms with van der Waals surface area (Å²) in [4.78, 5) is 28.9. The van der Waals surface area contributed by atoms with E-state index < -0.39 is 0 Å². The van der Waals surface area contributed by atoms with Crippen molar-refractivity contribution in [3.8, 4) is 0 Å². The summed E-state index contributed by atoms with van der Waals surface area (Å²) in [5.41, 5.74) is 1.41. The lowest BCUT2D eigenvalue weighted by Crippen LogP contribution is -2.41. The first-order chi connectivity index (χ1) is 13.5. The van der Waals surface area contributed by atoms with Crippen LogP contribution in [-0.4, -0.2) is 51.5 Å². The quantitative estimate of drug-likeness (QED) is 0.743. The lowest BCUT2D eigenvalue weighted by molar-refractivity contribution is -0.131. The van der Waals surface area contributed by atoms with Gasteiger partial charge in [-0.1, -0.05) is 29.8 Å². The van der Waals surface area contributed by atoms with Crippen LogP contribution in [0, 0.1) is 5.92 Å². The number of amides is 2. The second kappa shape index (κ2) is 9.24. The molecule has 1 fully saturated rings. The van der Waals surface area contributed by atoms with Gasteiger partial charge in [0.05, 0.1) is 0 Å². The monoisotopic (exact) mass is 402 g/mol. The van der Waals surface area contributed by atoms with E-state index in [1.54, 1.807) is 22.7 Å². The number of carbonyl (C=O) groups is 2. The third kappa shape index (κ3) is 4.93. The maximum Gasteiger partial charge on any atom is 0.274 e. The Kier molecular flexibility index (Phi) is 6.73. The van der Waals surface area contributed by atoms with Crippen molar-refractivity contribution in [3.63, 3.8) is 0 Å². The lowest BCUT2D eigenvalue weighted by atomic mass is 9.94. The van der Waals surface area contributed by atoms with Gasteiger partial charge in [0.15, 0.2) is 0 Å². The van der Waals surface area contributed by atoms with Crippen molar-refractivity contribution < 1.29 is 9.59 Å². The fraction of sp³-hybridized carbons (Fsp3) is 0.476. The standard InChI is InChI=1S/C21H27ClN4O2/c1-3-26-12-10-19(23-26)21(28)25-11-6-7-16(14-25)13-20(27)24(2)15-17-8-4-5-9-18(17)22/h4-5,8-10,12,16H,3,6-7,11,13-15H2,1-2H3. The number of aromatic nitrogens is 2. The third-order valence-corrected chi connectivity index (χ3v) is 5.61. The van der Waals surface area contributed by atoms with E-state index in [4.69, 9.17) is 11.6 Å². The molecular formula is C21H27ClN4O2. The Hall–Kier alpha value is -2.34. The van der Waals surface area contributed by atoms with Crippen LogP contribution in [0.15, 0.2) is 36.5 Å². The van der Waals surface area contributed by atoms with Gasteiger partial charge in [0, 0.05) is 50.9 Å². The molecule has 1 atom stereocenters. The van der Waals surface area contributed by atoms with E-state index >= 15 is 0 Å². The molecule has 0 spiro atoms. The average molecular weight is 403 g/mol. The van der Waals surface area contributed by atoms with Crippen LogP contribution in [0.4, 0.5) is 0 Å². The molecule has 0 aliphatic carbocycles. The van der Waals surface area contributed by atoms with Crippen LogP contribution >= 0.6 is 11.6 Å². The summed E-state index contributed by atoms with van der Waals surface area (Å²) in [7, 11) is 1.80. The normalized spacial score (nSPS) is 16.8. The minimum Gasteiger partial charge on any atom is -0.341 e. The molecule has 2 amide bonds. The zero-order valence-corrected chi connectivity index (χ0v) is 17.2. The number of benzene rings is 1. The van der Waals surface area contributed by atoms with Crippen molar-refractivity contribution in [2.24, 2.45) is 5.92 Å². The summed E-state index contributed by atoms with van der Waals surface area (Å²) < 4.78 is 1.75. The van der Waals surface area contributed by atoms with E-state index in [-0.39, 0.29) is 17.7 Å². The van der Waals surface area contributed by atoms with Crippen LogP contribution < -0.4 is 0 Å². The fourth-order valence-corrected chi connectivity index (χ4v) is 3.80. The third-order valence-electron chi connectivity index (χ3n) is 5.24. The summed E-state index contributed by atoms with van der Waals surface area (Å²) in [6.07, 6.45) is 4.13. The highest BCUT2D eigenvalue weighted by Gasteiger charge is 2.28. The molecule has 1 aromatic heterocycles. The van der Waals surface area contributed by atoms with Gasteiger partial charge in [0.25, 0.3) is 5.91 Å². The highest BCUT2D eigenvalue weighted by Crippen LogP contribution is 2.23. The molecule has 2 aromatic rings. The molecule has 1 aliphatic rings. The number of likely N-dealkylation sites (tertiary alicyclic amines) is 1. The molecule has 0 saturated carbocycles. The first-order valence-corrected chi connectivity index (χ1v) is 10.2. The number of piperidine rings is 1. The highest BCUT2D eigenvalue weighted by atomic mass is 35.5. The number of nitrogens with zero attached hydrogens (tertiary/aromatic N) is 4. The number of hydrogen-bond donors (Lipinski definition) is 0. The second-order valence-electron chi connectivity index (χ2n) is 7.36. The van der Waals surface area contributed by atoms with Crippen LogP contribution in [0.3, 0.4) is 0 Å². The zero-order chi connectivity index (χ0) is 20.1. The summed E-state index contributed by atoms with van der Waals surface area (Å²) in [5.74, 6) is 0.204. The van der Waals surface area contributed by atoms with Crippen LogP contribution in [0.5, 0.6) is 0 Å². The Bertz CT molecular complexity index is 835. The largest absolute Gasteiger partial charge is 0.341 e. The fourth-order valence-electron chi connectivity index (χ4n) is 3.60. The second-order valence-corrected chi connectivity index (χ2v) is 7.77. The molecule has 0 N–H and O–H groups in total. The van der Waals surface area contributed by atoms with Crippen molar-refractivity contribution in [1.82, 2.24) is 19.6 Å². The van der Waals surface area contributed by atoms with Gasteiger partial charge in [-0.2, -0.15) is 5.10 Å². The van der Waals surface area contributed by atoms with Gasteiger partial charge >= 0.3 is 0 Å². The van der Waals surface area contributed by atoms with E-state index in [2.05, 4.69) is 5.10 Å². The first-order valence-electron chi connectivity index (χ1n) is 9.78. The maximum absolute atomic E-state index is 12.7. The van der Waals surface area contributed by atoms with Crippen molar-refractivity contribution in [2.45, 2.75) is 39.3 Å². The topological polar surface area (TPSA) is 58.4 Å². The van der Waals surface area contributed by atoms with Crippen LogP contribution in [0.2, 0.25) is 5.02 Å². The van der Waals surface area contributed by atoms with E-state index in [1.807, 2.05) is 42.3 Å². The molecule has 7 heteroatoms. The number of halogens is 1. The number of rotatable bonds is 6. The smallest absolute Gasteiger partial charge is 0.274 e. The Balaban J connectivity index is 1.56. The summed E-state index contributed by atoms with van der Waals surface area (Å²) in [6.45, 7) is 4.54. The van der Waals surface area contributed by atoms with E-state index in [0.717, 1.165) is 31.5 Å². The molecule has 0 radical (unpaired) electrons. The molecule has 6 nitrogen and oxygen atoms in total. The molecule has 28 heavy (non-hydrogen) atoms. The lowest BCUT2D eigenvalue weighted by Gasteiger charge is -2.33. The predicted molar refractivity (Wildman–Crippen MR) is 109 cm³/mol. The van der Waals surface area contributed by atoms with E-state index in [1.165, 1.54) is 0 Å². The van der Waals surface area contributed by atoms with Gasteiger partial charge in [-0.25, -0.2) is 0 Å². The number of hydrogen-bond acceptors (Lipinski definition) is 3.